The van der Waals surface area contributed by atoms with Crippen molar-refractivity contribution in [2.24, 2.45) is 4.99 Å². The summed E-state index contributed by atoms with van der Waals surface area (Å²) in [6, 6.07) is 8.57. The highest BCUT2D eigenvalue weighted by atomic mass is 16.5. The summed E-state index contributed by atoms with van der Waals surface area (Å²) in [5, 5.41) is 6.70. The Morgan fingerprint density at radius 2 is 1.74 bits per heavy atom. The van der Waals surface area contributed by atoms with Crippen LogP contribution >= 0.6 is 0 Å². The van der Waals surface area contributed by atoms with Gasteiger partial charge in [-0.15, -0.1) is 0 Å². The predicted octanol–water partition coefficient (Wildman–Crippen LogP) is 3.45. The highest BCUT2D eigenvalue weighted by molar-refractivity contribution is 5.79. The van der Waals surface area contributed by atoms with Crippen molar-refractivity contribution in [3.05, 3.63) is 53.2 Å². The van der Waals surface area contributed by atoms with Crippen LogP contribution in [0.2, 0.25) is 0 Å². The second-order valence-corrected chi connectivity index (χ2v) is 9.37. The SMILES string of the molecule is CN=C(NCc1ncc(C(C)(C)C)o1)NCc1ccccc1CN1CC(C)OC(C)C1. The van der Waals surface area contributed by atoms with E-state index in [0.29, 0.717) is 19.0 Å². The minimum atomic E-state index is -0.0506. The smallest absolute Gasteiger partial charge is 0.213 e. The van der Waals surface area contributed by atoms with E-state index in [1.807, 2.05) is 0 Å². The standard InChI is InChI=1S/C24H37N5O2/c1-17-14-29(15-18(2)30-17)16-20-10-8-7-9-19(20)11-27-23(25-6)28-13-22-26-12-21(31-22)24(3,4)5/h7-10,12,17-18H,11,13-16H2,1-6H3,(H2,25,27,28). The molecule has 0 amide bonds. The molecular weight excluding hydrogens is 390 g/mol. The van der Waals surface area contributed by atoms with E-state index in [0.717, 1.165) is 31.4 Å². The Labute approximate surface area is 186 Å². The third kappa shape index (κ3) is 6.80. The lowest BCUT2D eigenvalue weighted by atomic mass is 9.94. The Balaban J connectivity index is 1.55. The van der Waals surface area contributed by atoms with Gasteiger partial charge in [-0.05, 0) is 25.0 Å². The zero-order valence-corrected chi connectivity index (χ0v) is 19.7. The number of nitrogens with one attached hydrogen (secondary N) is 2. The van der Waals surface area contributed by atoms with Crippen molar-refractivity contribution in [2.45, 2.75) is 71.9 Å². The molecule has 1 aliphatic heterocycles. The van der Waals surface area contributed by atoms with Gasteiger partial charge in [0.05, 0.1) is 24.9 Å². The number of nitrogens with zero attached hydrogens (tertiary/aromatic N) is 3. The monoisotopic (exact) mass is 427 g/mol. The predicted molar refractivity (Wildman–Crippen MR) is 124 cm³/mol. The fourth-order valence-electron chi connectivity index (χ4n) is 3.84. The molecule has 2 unspecified atom stereocenters. The van der Waals surface area contributed by atoms with Gasteiger partial charge in [-0.1, -0.05) is 45.0 Å². The van der Waals surface area contributed by atoms with Gasteiger partial charge in [-0.3, -0.25) is 9.89 Å². The summed E-state index contributed by atoms with van der Waals surface area (Å²) in [6.07, 6.45) is 2.34. The van der Waals surface area contributed by atoms with Crippen LogP contribution in [0.4, 0.5) is 0 Å². The zero-order valence-electron chi connectivity index (χ0n) is 19.7. The van der Waals surface area contributed by atoms with Crippen molar-refractivity contribution >= 4 is 5.96 Å². The van der Waals surface area contributed by atoms with Crippen LogP contribution in [-0.2, 0) is 29.8 Å². The Kier molecular flexibility index (Phi) is 7.73. The van der Waals surface area contributed by atoms with Crippen LogP contribution in [0.3, 0.4) is 0 Å². The highest BCUT2D eigenvalue weighted by Crippen LogP contribution is 2.22. The molecule has 31 heavy (non-hydrogen) atoms. The van der Waals surface area contributed by atoms with E-state index in [1.165, 1.54) is 11.1 Å². The second kappa shape index (κ2) is 10.3. The van der Waals surface area contributed by atoms with Crippen LogP contribution in [0.15, 0.2) is 39.9 Å². The third-order valence-corrected chi connectivity index (χ3v) is 5.38. The summed E-state index contributed by atoms with van der Waals surface area (Å²) >= 11 is 0. The van der Waals surface area contributed by atoms with E-state index in [4.69, 9.17) is 9.15 Å². The summed E-state index contributed by atoms with van der Waals surface area (Å²) in [7, 11) is 1.77. The molecule has 2 N–H and O–H groups in total. The number of benzene rings is 1. The molecule has 2 aromatic rings. The molecule has 1 fully saturated rings. The number of guanidine groups is 1. The minimum absolute atomic E-state index is 0.0506. The number of rotatable bonds is 6. The normalized spacial score (nSPS) is 20.6. The maximum absolute atomic E-state index is 5.87. The molecule has 1 saturated heterocycles. The molecule has 3 rings (SSSR count). The Morgan fingerprint density at radius 3 is 2.35 bits per heavy atom. The van der Waals surface area contributed by atoms with Gasteiger partial charge in [-0.25, -0.2) is 4.98 Å². The van der Waals surface area contributed by atoms with Gasteiger partial charge in [0.25, 0.3) is 0 Å². The van der Waals surface area contributed by atoms with Crippen LogP contribution in [0, 0.1) is 0 Å². The van der Waals surface area contributed by atoms with E-state index < -0.39 is 0 Å². The van der Waals surface area contributed by atoms with Crippen molar-refractivity contribution in [3.8, 4) is 0 Å². The first-order valence-electron chi connectivity index (χ1n) is 11.1. The fraction of sp³-hybridized carbons (Fsp3) is 0.583. The summed E-state index contributed by atoms with van der Waals surface area (Å²) in [6.45, 7) is 14.7. The molecule has 0 saturated carbocycles. The molecule has 2 atom stereocenters. The van der Waals surface area contributed by atoms with Crippen molar-refractivity contribution in [1.82, 2.24) is 20.5 Å². The third-order valence-electron chi connectivity index (χ3n) is 5.38. The van der Waals surface area contributed by atoms with E-state index in [-0.39, 0.29) is 17.6 Å². The van der Waals surface area contributed by atoms with Crippen LogP contribution in [0.5, 0.6) is 0 Å². The number of morpholine rings is 1. The lowest BCUT2D eigenvalue weighted by Crippen LogP contribution is -2.45. The average Bonchev–Trinajstić information content (AvgIpc) is 3.18. The van der Waals surface area contributed by atoms with Gasteiger partial charge >= 0.3 is 0 Å². The molecule has 1 aromatic carbocycles. The topological polar surface area (TPSA) is 74.9 Å². The molecular formula is C24H37N5O2. The van der Waals surface area contributed by atoms with Gasteiger partial charge in [0.2, 0.25) is 5.89 Å². The van der Waals surface area contributed by atoms with Crippen molar-refractivity contribution in [3.63, 3.8) is 0 Å². The van der Waals surface area contributed by atoms with Gasteiger partial charge in [0.1, 0.15) is 5.76 Å². The largest absolute Gasteiger partial charge is 0.443 e. The molecule has 0 bridgehead atoms. The molecule has 0 aliphatic carbocycles. The molecule has 1 aromatic heterocycles. The first-order chi connectivity index (χ1) is 14.7. The van der Waals surface area contributed by atoms with Crippen LogP contribution in [0.1, 0.15) is 57.4 Å². The van der Waals surface area contributed by atoms with E-state index in [9.17, 15) is 0 Å². The Bertz CT molecular complexity index is 861. The van der Waals surface area contributed by atoms with Gasteiger partial charge < -0.3 is 19.8 Å². The Hall–Kier alpha value is -2.38. The quantitative estimate of drug-likeness (QED) is 0.543. The number of hydrogen-bond donors (Lipinski definition) is 2. The highest BCUT2D eigenvalue weighted by Gasteiger charge is 2.23. The number of hydrogen-bond acceptors (Lipinski definition) is 5. The summed E-state index contributed by atoms with van der Waals surface area (Å²) < 4.78 is 11.7. The van der Waals surface area contributed by atoms with E-state index in [2.05, 4.69) is 84.4 Å². The maximum Gasteiger partial charge on any atom is 0.213 e. The first-order valence-corrected chi connectivity index (χ1v) is 11.1. The average molecular weight is 428 g/mol. The lowest BCUT2D eigenvalue weighted by Gasteiger charge is -2.35. The van der Waals surface area contributed by atoms with E-state index in [1.54, 1.807) is 13.2 Å². The Morgan fingerprint density at radius 1 is 1.10 bits per heavy atom. The number of oxazole rings is 1. The minimum Gasteiger partial charge on any atom is -0.443 e. The first kappa shape index (κ1) is 23.3. The summed E-state index contributed by atoms with van der Waals surface area (Å²) in [4.78, 5) is 11.2. The molecule has 7 heteroatoms. The van der Waals surface area contributed by atoms with Gasteiger partial charge in [-0.2, -0.15) is 0 Å². The number of ether oxygens (including phenoxy) is 1. The van der Waals surface area contributed by atoms with Crippen LogP contribution in [0.25, 0.3) is 0 Å². The van der Waals surface area contributed by atoms with Gasteiger partial charge in [0, 0.05) is 38.6 Å². The second-order valence-electron chi connectivity index (χ2n) is 9.37. The summed E-state index contributed by atoms with van der Waals surface area (Å²) in [5.74, 6) is 2.26. The van der Waals surface area contributed by atoms with Crippen molar-refractivity contribution < 1.29 is 9.15 Å². The molecule has 0 radical (unpaired) electrons. The molecule has 170 valence electrons. The zero-order chi connectivity index (χ0) is 22.4. The van der Waals surface area contributed by atoms with Crippen molar-refractivity contribution in [1.29, 1.82) is 0 Å². The van der Waals surface area contributed by atoms with Crippen LogP contribution < -0.4 is 10.6 Å². The molecule has 0 spiro atoms. The van der Waals surface area contributed by atoms with Gasteiger partial charge in [0.15, 0.2) is 5.96 Å². The maximum atomic E-state index is 5.87. The number of aromatic nitrogens is 1. The van der Waals surface area contributed by atoms with Crippen LogP contribution in [-0.4, -0.2) is 48.2 Å². The molecule has 2 heterocycles. The fourth-order valence-corrected chi connectivity index (χ4v) is 3.84. The molecule has 7 nitrogen and oxygen atoms in total. The van der Waals surface area contributed by atoms with E-state index >= 15 is 0 Å². The number of aliphatic imine (C=N–C) groups is 1. The lowest BCUT2D eigenvalue weighted by molar-refractivity contribution is -0.0705. The molecule has 1 aliphatic rings. The summed E-state index contributed by atoms with van der Waals surface area (Å²) in [5.41, 5.74) is 2.54. The van der Waals surface area contributed by atoms with Crippen molar-refractivity contribution in [2.75, 3.05) is 20.1 Å².